The van der Waals surface area contributed by atoms with Crippen molar-refractivity contribution in [3.05, 3.63) is 17.7 Å². The summed E-state index contributed by atoms with van der Waals surface area (Å²) in [6, 6.07) is 0.845. The van der Waals surface area contributed by atoms with E-state index in [-0.39, 0.29) is 11.6 Å². The van der Waals surface area contributed by atoms with Crippen LogP contribution in [-0.2, 0) is 4.74 Å². The minimum absolute atomic E-state index is 0.0428. The van der Waals surface area contributed by atoms with Gasteiger partial charge in [-0.1, -0.05) is 0 Å². The van der Waals surface area contributed by atoms with Crippen molar-refractivity contribution in [1.82, 2.24) is 4.98 Å². The molecule has 0 aliphatic rings. The number of hydrogen-bond acceptors (Lipinski definition) is 4. The molecular formula is C12H19F2N3O. The van der Waals surface area contributed by atoms with E-state index in [9.17, 15) is 8.78 Å². The third-order valence-corrected chi connectivity index (χ3v) is 2.54. The first kappa shape index (κ1) is 14.6. The minimum Gasteiger partial charge on any atom is -0.380 e. The normalized spacial score (nSPS) is 10.5. The predicted octanol–water partition coefficient (Wildman–Crippen LogP) is 2.26. The fraction of sp³-hybridized carbons (Fsp3) is 0.583. The molecule has 1 rings (SSSR count). The number of nitrogens with zero attached hydrogens (tertiary/aromatic N) is 2. The average Bonchev–Trinajstić information content (AvgIpc) is 2.36. The summed E-state index contributed by atoms with van der Waals surface area (Å²) in [5.41, 5.74) is 0. The summed E-state index contributed by atoms with van der Waals surface area (Å²) < 4.78 is 32.2. The van der Waals surface area contributed by atoms with Gasteiger partial charge in [-0.25, -0.2) is 13.8 Å². The number of hydrogen-bond donors (Lipinski definition) is 1. The number of aromatic nitrogens is 1. The van der Waals surface area contributed by atoms with E-state index in [1.54, 1.807) is 11.9 Å². The molecule has 0 amide bonds. The van der Waals surface area contributed by atoms with Gasteiger partial charge in [0.15, 0.2) is 23.3 Å². The Bertz CT molecular complexity index is 388. The Morgan fingerprint density at radius 2 is 2.06 bits per heavy atom. The van der Waals surface area contributed by atoms with Gasteiger partial charge in [0.25, 0.3) is 0 Å². The Hall–Kier alpha value is -1.43. The molecule has 0 saturated carbocycles. The Balaban J connectivity index is 2.90. The van der Waals surface area contributed by atoms with Crippen LogP contribution in [0.4, 0.5) is 20.4 Å². The van der Waals surface area contributed by atoms with E-state index in [0.29, 0.717) is 26.3 Å². The molecule has 0 aliphatic heterocycles. The van der Waals surface area contributed by atoms with Crippen molar-refractivity contribution in [3.63, 3.8) is 0 Å². The van der Waals surface area contributed by atoms with Crippen LogP contribution in [-0.4, -0.2) is 38.3 Å². The maximum atomic E-state index is 13.7. The fourth-order valence-electron chi connectivity index (χ4n) is 1.59. The highest BCUT2D eigenvalue weighted by atomic mass is 19.1. The van der Waals surface area contributed by atoms with E-state index in [1.807, 2.05) is 13.8 Å². The molecule has 0 aliphatic carbocycles. The zero-order chi connectivity index (χ0) is 13.5. The van der Waals surface area contributed by atoms with Crippen LogP contribution in [0.2, 0.25) is 0 Å². The van der Waals surface area contributed by atoms with Crippen LogP contribution in [0.1, 0.15) is 13.8 Å². The Morgan fingerprint density at radius 3 is 2.61 bits per heavy atom. The van der Waals surface area contributed by atoms with Crippen molar-refractivity contribution < 1.29 is 13.5 Å². The van der Waals surface area contributed by atoms with Crippen molar-refractivity contribution in [1.29, 1.82) is 0 Å². The van der Waals surface area contributed by atoms with Gasteiger partial charge in [-0.15, -0.1) is 0 Å². The largest absolute Gasteiger partial charge is 0.380 e. The van der Waals surface area contributed by atoms with Crippen molar-refractivity contribution >= 4 is 11.6 Å². The first-order valence-corrected chi connectivity index (χ1v) is 6.00. The van der Waals surface area contributed by atoms with E-state index < -0.39 is 11.6 Å². The molecule has 18 heavy (non-hydrogen) atoms. The first-order valence-electron chi connectivity index (χ1n) is 6.00. The lowest BCUT2D eigenvalue weighted by atomic mass is 10.3. The molecule has 0 unspecified atom stereocenters. The number of halogens is 2. The van der Waals surface area contributed by atoms with Gasteiger partial charge in [0.05, 0.1) is 6.61 Å². The number of anilines is 2. The van der Waals surface area contributed by atoms with E-state index in [0.717, 1.165) is 6.07 Å². The molecule has 0 bridgehead atoms. The van der Waals surface area contributed by atoms with Gasteiger partial charge in [0, 0.05) is 32.8 Å². The molecule has 1 heterocycles. The van der Waals surface area contributed by atoms with Gasteiger partial charge >= 0.3 is 0 Å². The van der Waals surface area contributed by atoms with E-state index >= 15 is 0 Å². The van der Waals surface area contributed by atoms with E-state index in [2.05, 4.69) is 10.3 Å². The van der Waals surface area contributed by atoms with Gasteiger partial charge in [-0.05, 0) is 13.8 Å². The minimum atomic E-state index is -0.695. The van der Waals surface area contributed by atoms with Crippen LogP contribution in [0.15, 0.2) is 6.07 Å². The topological polar surface area (TPSA) is 37.4 Å². The summed E-state index contributed by atoms with van der Waals surface area (Å²) in [6.07, 6.45) is 0. The second kappa shape index (κ2) is 7.10. The Labute approximate surface area is 106 Å². The van der Waals surface area contributed by atoms with Gasteiger partial charge in [-0.2, -0.15) is 0 Å². The molecule has 4 nitrogen and oxygen atoms in total. The van der Waals surface area contributed by atoms with Crippen LogP contribution in [0.3, 0.4) is 0 Å². The molecule has 0 spiro atoms. The summed E-state index contributed by atoms with van der Waals surface area (Å²) in [5, 5.41) is 2.60. The standard InChI is InChI=1S/C12H19F2N3O/c1-4-17(6-7-18-5-2)12-10(14)8-9(13)11(15-3)16-12/h8H,4-7H2,1-3H3,(H,15,16). The first-order chi connectivity index (χ1) is 8.63. The maximum absolute atomic E-state index is 13.7. The highest BCUT2D eigenvalue weighted by molar-refractivity contribution is 5.49. The lowest BCUT2D eigenvalue weighted by Gasteiger charge is -2.22. The molecule has 0 fully saturated rings. The molecule has 0 radical (unpaired) electrons. The summed E-state index contributed by atoms with van der Waals surface area (Å²) in [6.45, 7) is 5.97. The third kappa shape index (κ3) is 3.53. The molecule has 1 aromatic rings. The summed E-state index contributed by atoms with van der Waals surface area (Å²) in [7, 11) is 1.55. The fourth-order valence-corrected chi connectivity index (χ4v) is 1.59. The van der Waals surface area contributed by atoms with Crippen LogP contribution in [0, 0.1) is 11.6 Å². The van der Waals surface area contributed by atoms with Gasteiger partial charge in [0.2, 0.25) is 0 Å². The van der Waals surface area contributed by atoms with E-state index in [1.165, 1.54) is 0 Å². The molecule has 1 N–H and O–H groups in total. The number of pyridine rings is 1. The van der Waals surface area contributed by atoms with Gasteiger partial charge < -0.3 is 15.0 Å². The summed E-state index contributed by atoms with van der Waals surface area (Å²) >= 11 is 0. The summed E-state index contributed by atoms with van der Waals surface area (Å²) in [4.78, 5) is 5.66. The van der Waals surface area contributed by atoms with Crippen LogP contribution >= 0.6 is 0 Å². The molecule has 1 aromatic heterocycles. The lowest BCUT2D eigenvalue weighted by Crippen LogP contribution is -2.29. The van der Waals surface area contributed by atoms with Gasteiger partial charge in [-0.3, -0.25) is 0 Å². The van der Waals surface area contributed by atoms with Crippen molar-refractivity contribution in [2.45, 2.75) is 13.8 Å². The quantitative estimate of drug-likeness (QED) is 0.762. The van der Waals surface area contributed by atoms with Gasteiger partial charge in [0.1, 0.15) is 0 Å². The lowest BCUT2D eigenvalue weighted by molar-refractivity contribution is 0.154. The molecule has 102 valence electrons. The highest BCUT2D eigenvalue weighted by Gasteiger charge is 2.15. The number of likely N-dealkylation sites (N-methyl/N-ethyl adjacent to an activating group) is 1. The molecule has 0 aromatic carbocycles. The maximum Gasteiger partial charge on any atom is 0.168 e. The molecule has 6 heteroatoms. The van der Waals surface area contributed by atoms with Crippen LogP contribution < -0.4 is 10.2 Å². The third-order valence-electron chi connectivity index (χ3n) is 2.54. The molecular weight excluding hydrogens is 240 g/mol. The number of nitrogens with one attached hydrogen (secondary N) is 1. The predicted molar refractivity (Wildman–Crippen MR) is 68.1 cm³/mol. The number of rotatable bonds is 7. The van der Waals surface area contributed by atoms with Crippen LogP contribution in [0.25, 0.3) is 0 Å². The SMILES string of the molecule is CCOCCN(CC)c1nc(NC)c(F)cc1F. The summed E-state index contributed by atoms with van der Waals surface area (Å²) in [5.74, 6) is -1.17. The van der Waals surface area contributed by atoms with Crippen molar-refractivity contribution in [2.75, 3.05) is 43.6 Å². The second-order valence-corrected chi connectivity index (χ2v) is 3.65. The monoisotopic (exact) mass is 259 g/mol. The highest BCUT2D eigenvalue weighted by Crippen LogP contribution is 2.21. The molecule has 0 atom stereocenters. The number of ether oxygens (including phenoxy) is 1. The van der Waals surface area contributed by atoms with Crippen molar-refractivity contribution in [3.8, 4) is 0 Å². The molecule has 0 saturated heterocycles. The second-order valence-electron chi connectivity index (χ2n) is 3.65. The average molecular weight is 259 g/mol. The smallest absolute Gasteiger partial charge is 0.168 e. The Morgan fingerprint density at radius 1 is 1.33 bits per heavy atom. The van der Waals surface area contributed by atoms with Crippen molar-refractivity contribution in [2.24, 2.45) is 0 Å². The van der Waals surface area contributed by atoms with E-state index in [4.69, 9.17) is 4.74 Å². The van der Waals surface area contributed by atoms with Crippen LogP contribution in [0.5, 0.6) is 0 Å². The zero-order valence-corrected chi connectivity index (χ0v) is 11.0. The zero-order valence-electron chi connectivity index (χ0n) is 11.0. The Kier molecular flexibility index (Phi) is 5.77.